The van der Waals surface area contributed by atoms with Crippen molar-refractivity contribution in [2.45, 2.75) is 50.8 Å². The number of primary amides is 1. The van der Waals surface area contributed by atoms with Crippen LogP contribution in [0.15, 0.2) is 42.5 Å². The summed E-state index contributed by atoms with van der Waals surface area (Å²) in [6.07, 6.45) is 2.82. The Morgan fingerprint density at radius 2 is 2.07 bits per heavy atom. The van der Waals surface area contributed by atoms with Gasteiger partial charge < -0.3 is 25.9 Å². The SMILES string of the molecule is COc1cc2c3c(n(Cc4ccccc4)c2cc1CCC(N)O)CCCC3C(N)=O. The maximum atomic E-state index is 12.3. The number of benzene rings is 2. The van der Waals surface area contributed by atoms with E-state index in [0.29, 0.717) is 12.8 Å². The largest absolute Gasteiger partial charge is 0.496 e. The van der Waals surface area contributed by atoms with Crippen molar-refractivity contribution in [3.8, 4) is 5.75 Å². The molecular weight excluding hydrogens is 378 g/mol. The number of aliphatic hydroxyl groups is 1. The molecule has 0 aliphatic heterocycles. The Kier molecular flexibility index (Phi) is 5.79. The number of methoxy groups -OCH3 is 1. The first kappa shape index (κ1) is 20.4. The number of ether oxygens (including phenoxy) is 1. The molecule has 0 saturated heterocycles. The second kappa shape index (κ2) is 8.50. The average Bonchev–Trinajstić information content (AvgIpc) is 3.04. The number of hydrogen-bond acceptors (Lipinski definition) is 4. The van der Waals surface area contributed by atoms with Gasteiger partial charge in [0.05, 0.1) is 13.0 Å². The predicted molar refractivity (Wildman–Crippen MR) is 117 cm³/mol. The van der Waals surface area contributed by atoms with E-state index in [4.69, 9.17) is 16.2 Å². The molecule has 30 heavy (non-hydrogen) atoms. The normalized spacial score (nSPS) is 17.0. The van der Waals surface area contributed by atoms with Gasteiger partial charge in [0, 0.05) is 23.1 Å². The number of carbonyl (C=O) groups is 1. The van der Waals surface area contributed by atoms with Crippen molar-refractivity contribution >= 4 is 16.8 Å². The topological polar surface area (TPSA) is 104 Å². The van der Waals surface area contributed by atoms with E-state index in [1.54, 1.807) is 7.11 Å². The summed E-state index contributed by atoms with van der Waals surface area (Å²) in [5.41, 5.74) is 16.9. The second-order valence-electron chi connectivity index (χ2n) is 8.07. The van der Waals surface area contributed by atoms with E-state index < -0.39 is 6.23 Å². The third-order valence-corrected chi connectivity index (χ3v) is 6.11. The van der Waals surface area contributed by atoms with E-state index in [0.717, 1.165) is 53.6 Å². The highest BCUT2D eigenvalue weighted by Crippen LogP contribution is 2.42. The molecule has 2 unspecified atom stereocenters. The molecule has 5 N–H and O–H groups in total. The Morgan fingerprint density at radius 3 is 2.73 bits per heavy atom. The number of fused-ring (bicyclic) bond motifs is 3. The minimum Gasteiger partial charge on any atom is -0.496 e. The Labute approximate surface area is 176 Å². The van der Waals surface area contributed by atoms with E-state index in [-0.39, 0.29) is 11.8 Å². The van der Waals surface area contributed by atoms with Crippen LogP contribution >= 0.6 is 0 Å². The van der Waals surface area contributed by atoms with Gasteiger partial charge in [-0.25, -0.2) is 0 Å². The second-order valence-corrected chi connectivity index (χ2v) is 8.07. The van der Waals surface area contributed by atoms with Crippen LogP contribution in [-0.4, -0.2) is 28.9 Å². The highest BCUT2D eigenvalue weighted by molar-refractivity contribution is 5.94. The van der Waals surface area contributed by atoms with Gasteiger partial charge in [-0.05, 0) is 60.9 Å². The lowest BCUT2D eigenvalue weighted by molar-refractivity contribution is -0.119. The lowest BCUT2D eigenvalue weighted by atomic mass is 9.84. The summed E-state index contributed by atoms with van der Waals surface area (Å²) < 4.78 is 7.97. The fourth-order valence-corrected chi connectivity index (χ4v) is 4.69. The molecule has 0 fully saturated rings. The summed E-state index contributed by atoms with van der Waals surface area (Å²) in [6, 6.07) is 14.5. The van der Waals surface area contributed by atoms with Crippen LogP contribution in [0, 0.1) is 0 Å². The van der Waals surface area contributed by atoms with Crippen LogP contribution in [0.3, 0.4) is 0 Å². The van der Waals surface area contributed by atoms with Gasteiger partial charge in [0.25, 0.3) is 0 Å². The zero-order valence-electron chi connectivity index (χ0n) is 17.3. The first-order chi connectivity index (χ1) is 14.5. The van der Waals surface area contributed by atoms with Crippen molar-refractivity contribution in [3.63, 3.8) is 0 Å². The molecule has 2 aromatic carbocycles. The molecule has 6 heteroatoms. The van der Waals surface area contributed by atoms with Crippen LogP contribution in [0.25, 0.3) is 10.9 Å². The monoisotopic (exact) mass is 407 g/mol. The molecular formula is C24H29N3O3. The van der Waals surface area contributed by atoms with Crippen LogP contribution in [0.1, 0.15) is 47.6 Å². The summed E-state index contributed by atoms with van der Waals surface area (Å²) in [5, 5.41) is 10.6. The molecule has 0 bridgehead atoms. The number of amides is 1. The summed E-state index contributed by atoms with van der Waals surface area (Å²) >= 11 is 0. The fourth-order valence-electron chi connectivity index (χ4n) is 4.69. The van der Waals surface area contributed by atoms with Crippen LogP contribution in [-0.2, 0) is 24.2 Å². The van der Waals surface area contributed by atoms with E-state index in [1.807, 2.05) is 24.3 Å². The van der Waals surface area contributed by atoms with Gasteiger partial charge in [0.1, 0.15) is 12.0 Å². The van der Waals surface area contributed by atoms with Crippen molar-refractivity contribution in [3.05, 3.63) is 64.8 Å². The molecule has 158 valence electrons. The fraction of sp³-hybridized carbons (Fsp3) is 0.375. The molecule has 1 aliphatic carbocycles. The van der Waals surface area contributed by atoms with Gasteiger partial charge in [-0.15, -0.1) is 0 Å². The maximum absolute atomic E-state index is 12.3. The predicted octanol–water partition coefficient (Wildman–Crippen LogP) is 2.81. The van der Waals surface area contributed by atoms with Crippen molar-refractivity contribution in [2.75, 3.05) is 7.11 Å². The zero-order valence-corrected chi connectivity index (χ0v) is 17.3. The summed E-state index contributed by atoms with van der Waals surface area (Å²) in [4.78, 5) is 12.3. The van der Waals surface area contributed by atoms with Gasteiger partial charge in [0.15, 0.2) is 0 Å². The molecule has 1 aliphatic rings. The number of hydrogen-bond donors (Lipinski definition) is 3. The highest BCUT2D eigenvalue weighted by atomic mass is 16.5. The zero-order chi connectivity index (χ0) is 21.3. The average molecular weight is 408 g/mol. The molecule has 3 aromatic rings. The standard InChI is InChI=1S/C24H29N3O3/c1-30-21-13-18-20(12-16(21)10-11-22(25)28)27(14-15-6-3-2-4-7-15)19-9-5-8-17(23(18)19)24(26)29/h2-4,6-7,12-13,17,22,28H,5,8-11,14,25H2,1H3,(H2,26,29). The summed E-state index contributed by atoms with van der Waals surface area (Å²) in [6.45, 7) is 0.726. The summed E-state index contributed by atoms with van der Waals surface area (Å²) in [7, 11) is 1.64. The maximum Gasteiger partial charge on any atom is 0.225 e. The van der Waals surface area contributed by atoms with E-state index in [9.17, 15) is 9.90 Å². The van der Waals surface area contributed by atoms with Crippen molar-refractivity contribution in [1.29, 1.82) is 0 Å². The molecule has 6 nitrogen and oxygen atoms in total. The van der Waals surface area contributed by atoms with E-state index in [2.05, 4.69) is 22.8 Å². The van der Waals surface area contributed by atoms with Crippen LogP contribution in [0.2, 0.25) is 0 Å². The lowest BCUT2D eigenvalue weighted by Crippen LogP contribution is -2.25. The number of nitrogens with zero attached hydrogens (tertiary/aromatic N) is 1. The van der Waals surface area contributed by atoms with Gasteiger partial charge in [0.2, 0.25) is 5.91 Å². The molecule has 2 atom stereocenters. The van der Waals surface area contributed by atoms with Gasteiger partial charge in [-0.3, -0.25) is 4.79 Å². The first-order valence-electron chi connectivity index (χ1n) is 10.5. The molecule has 1 amide bonds. The molecule has 0 saturated carbocycles. The smallest absolute Gasteiger partial charge is 0.225 e. The van der Waals surface area contributed by atoms with Gasteiger partial charge in [-0.1, -0.05) is 30.3 Å². The number of aliphatic hydroxyl groups excluding tert-OH is 1. The van der Waals surface area contributed by atoms with Crippen molar-refractivity contribution in [2.24, 2.45) is 11.5 Å². The number of nitrogens with two attached hydrogens (primary N) is 2. The third-order valence-electron chi connectivity index (χ3n) is 6.11. The number of carbonyl (C=O) groups excluding carboxylic acids is 1. The minimum absolute atomic E-state index is 0.274. The molecule has 1 aromatic heterocycles. The lowest BCUT2D eigenvalue weighted by Gasteiger charge is -2.22. The Hall–Kier alpha value is -2.83. The van der Waals surface area contributed by atoms with Crippen molar-refractivity contribution in [1.82, 2.24) is 4.57 Å². The minimum atomic E-state index is -0.867. The Morgan fingerprint density at radius 1 is 1.30 bits per heavy atom. The van der Waals surface area contributed by atoms with Gasteiger partial charge >= 0.3 is 0 Å². The number of aromatic nitrogens is 1. The highest BCUT2D eigenvalue weighted by Gasteiger charge is 2.31. The van der Waals surface area contributed by atoms with Crippen LogP contribution in [0.5, 0.6) is 5.75 Å². The van der Waals surface area contributed by atoms with E-state index in [1.165, 1.54) is 11.3 Å². The number of aryl methyl sites for hydroxylation is 1. The third kappa shape index (κ3) is 3.80. The van der Waals surface area contributed by atoms with Crippen LogP contribution in [0.4, 0.5) is 0 Å². The number of rotatable bonds is 7. The molecule has 0 spiro atoms. The molecule has 0 radical (unpaired) electrons. The van der Waals surface area contributed by atoms with Gasteiger partial charge in [-0.2, -0.15) is 0 Å². The van der Waals surface area contributed by atoms with Crippen LogP contribution < -0.4 is 16.2 Å². The van der Waals surface area contributed by atoms with Crippen molar-refractivity contribution < 1.29 is 14.6 Å². The molecule has 4 rings (SSSR count). The summed E-state index contributed by atoms with van der Waals surface area (Å²) in [5.74, 6) is 0.190. The Balaban J connectivity index is 1.93. The molecule has 1 heterocycles. The first-order valence-corrected chi connectivity index (χ1v) is 10.5. The quantitative estimate of drug-likeness (QED) is 0.524. The Bertz CT molecular complexity index is 1060. The van der Waals surface area contributed by atoms with E-state index >= 15 is 0 Å².